The van der Waals surface area contributed by atoms with Crippen molar-refractivity contribution in [1.82, 2.24) is 10.3 Å². The first-order chi connectivity index (χ1) is 9.52. The topological polar surface area (TPSA) is 121 Å². The maximum atomic E-state index is 11.5. The summed E-state index contributed by atoms with van der Waals surface area (Å²) < 4.78 is 5.16. The highest BCUT2D eigenvalue weighted by molar-refractivity contribution is 5.89. The number of nitrogens with zero attached hydrogens (tertiary/aromatic N) is 1. The van der Waals surface area contributed by atoms with Crippen molar-refractivity contribution in [2.24, 2.45) is 0 Å². The fraction of sp³-hybridized carbons (Fsp3) is 0.417. The lowest BCUT2D eigenvalue weighted by Crippen LogP contribution is -2.33. The largest absolute Gasteiger partial charge is 0.479 e. The highest BCUT2D eigenvalue weighted by Crippen LogP contribution is 2.11. The SMILES string of the molecule is CCOc1ccc(NC(=O)NCCC(O)C(=O)O)cn1. The minimum atomic E-state index is -1.48. The third kappa shape index (κ3) is 5.53. The van der Waals surface area contributed by atoms with Crippen LogP contribution in [0.4, 0.5) is 10.5 Å². The van der Waals surface area contributed by atoms with Crippen LogP contribution in [-0.2, 0) is 4.79 Å². The molecule has 2 amide bonds. The second kappa shape index (κ2) is 7.95. The first kappa shape index (κ1) is 15.7. The molecule has 4 N–H and O–H groups in total. The molecule has 0 aliphatic carbocycles. The molecule has 8 nitrogen and oxygen atoms in total. The normalized spacial score (nSPS) is 11.5. The third-order valence-corrected chi connectivity index (χ3v) is 2.27. The molecule has 1 aromatic rings. The van der Waals surface area contributed by atoms with Crippen LogP contribution in [0, 0.1) is 0 Å². The maximum Gasteiger partial charge on any atom is 0.332 e. The molecule has 110 valence electrons. The molecule has 0 aliphatic heterocycles. The van der Waals surface area contributed by atoms with E-state index in [9.17, 15) is 9.59 Å². The Hall–Kier alpha value is -2.35. The number of carbonyl (C=O) groups excluding carboxylic acids is 1. The van der Waals surface area contributed by atoms with Crippen molar-refractivity contribution in [2.45, 2.75) is 19.4 Å². The lowest BCUT2D eigenvalue weighted by atomic mass is 10.2. The number of ether oxygens (including phenoxy) is 1. The van der Waals surface area contributed by atoms with Crippen LogP contribution < -0.4 is 15.4 Å². The average Bonchev–Trinajstić information content (AvgIpc) is 2.41. The first-order valence-corrected chi connectivity index (χ1v) is 6.07. The van der Waals surface area contributed by atoms with Crippen LogP contribution in [0.3, 0.4) is 0 Å². The molecular weight excluding hydrogens is 266 g/mol. The fourth-order valence-corrected chi connectivity index (χ4v) is 1.31. The number of hydrogen-bond donors (Lipinski definition) is 4. The molecule has 0 fully saturated rings. The average molecular weight is 283 g/mol. The van der Waals surface area contributed by atoms with E-state index in [0.29, 0.717) is 18.2 Å². The molecule has 0 saturated heterocycles. The van der Waals surface area contributed by atoms with Gasteiger partial charge in [0.25, 0.3) is 0 Å². The predicted molar refractivity (Wildman–Crippen MR) is 70.7 cm³/mol. The van der Waals surface area contributed by atoms with Gasteiger partial charge < -0.3 is 25.6 Å². The molecule has 0 aromatic carbocycles. The van der Waals surface area contributed by atoms with Gasteiger partial charge >= 0.3 is 12.0 Å². The Morgan fingerprint density at radius 3 is 2.75 bits per heavy atom. The predicted octanol–water partition coefficient (Wildman–Crippen LogP) is 0.437. The number of urea groups is 1. The number of aliphatic carboxylic acids is 1. The van der Waals surface area contributed by atoms with Crippen molar-refractivity contribution < 1.29 is 24.5 Å². The van der Waals surface area contributed by atoms with Gasteiger partial charge in [-0.2, -0.15) is 0 Å². The van der Waals surface area contributed by atoms with Gasteiger partial charge in [-0.15, -0.1) is 0 Å². The number of anilines is 1. The summed E-state index contributed by atoms with van der Waals surface area (Å²) in [5.41, 5.74) is 0.477. The highest BCUT2D eigenvalue weighted by atomic mass is 16.5. The summed E-state index contributed by atoms with van der Waals surface area (Å²) in [6.07, 6.45) is -0.108. The van der Waals surface area contributed by atoms with Crippen molar-refractivity contribution in [3.05, 3.63) is 18.3 Å². The van der Waals surface area contributed by atoms with Gasteiger partial charge in [0.1, 0.15) is 0 Å². The number of aromatic nitrogens is 1. The molecule has 0 radical (unpaired) electrons. The summed E-state index contributed by atoms with van der Waals surface area (Å²) in [6, 6.07) is 2.74. The van der Waals surface area contributed by atoms with Gasteiger partial charge in [-0.3, -0.25) is 0 Å². The van der Waals surface area contributed by atoms with E-state index in [1.54, 1.807) is 12.1 Å². The quantitative estimate of drug-likeness (QED) is 0.576. The van der Waals surface area contributed by atoms with Crippen LogP contribution in [0.25, 0.3) is 0 Å². The van der Waals surface area contributed by atoms with Crippen molar-refractivity contribution >= 4 is 17.7 Å². The van der Waals surface area contributed by atoms with Crippen molar-refractivity contribution in [2.75, 3.05) is 18.5 Å². The number of nitrogens with one attached hydrogen (secondary N) is 2. The lowest BCUT2D eigenvalue weighted by Gasteiger charge is -2.09. The number of rotatable bonds is 7. The third-order valence-electron chi connectivity index (χ3n) is 2.27. The number of aliphatic hydroxyl groups is 1. The minimum Gasteiger partial charge on any atom is -0.479 e. The van der Waals surface area contributed by atoms with Crippen molar-refractivity contribution in [3.8, 4) is 5.88 Å². The monoisotopic (exact) mass is 283 g/mol. The van der Waals surface area contributed by atoms with E-state index in [0.717, 1.165) is 0 Å². The number of pyridine rings is 1. The van der Waals surface area contributed by atoms with Gasteiger partial charge in [-0.1, -0.05) is 0 Å². The highest BCUT2D eigenvalue weighted by Gasteiger charge is 2.12. The second-order valence-electron chi connectivity index (χ2n) is 3.84. The zero-order chi connectivity index (χ0) is 15.0. The molecule has 1 unspecified atom stereocenters. The van der Waals surface area contributed by atoms with Crippen LogP contribution in [0.15, 0.2) is 18.3 Å². The van der Waals surface area contributed by atoms with Crippen LogP contribution in [0.5, 0.6) is 5.88 Å². The zero-order valence-electron chi connectivity index (χ0n) is 11.0. The molecule has 20 heavy (non-hydrogen) atoms. The molecule has 0 spiro atoms. The van der Waals surface area contributed by atoms with Gasteiger partial charge in [0.2, 0.25) is 5.88 Å². The molecule has 0 saturated carbocycles. The molecule has 0 aliphatic rings. The Balaban J connectivity index is 2.33. The fourth-order valence-electron chi connectivity index (χ4n) is 1.31. The smallest absolute Gasteiger partial charge is 0.332 e. The molecular formula is C12H17N3O5. The Kier molecular flexibility index (Phi) is 6.24. The number of aliphatic hydroxyl groups excluding tert-OH is 1. The number of amides is 2. The van der Waals surface area contributed by atoms with E-state index in [1.165, 1.54) is 6.20 Å². The van der Waals surface area contributed by atoms with Crippen molar-refractivity contribution in [3.63, 3.8) is 0 Å². The summed E-state index contributed by atoms with van der Waals surface area (Å²) in [5, 5.41) is 22.4. The summed E-state index contributed by atoms with van der Waals surface area (Å²) >= 11 is 0. The number of carboxylic acid groups (broad SMARTS) is 1. The maximum absolute atomic E-state index is 11.5. The number of carboxylic acids is 1. The van der Waals surface area contributed by atoms with E-state index < -0.39 is 18.1 Å². The van der Waals surface area contributed by atoms with Gasteiger partial charge in [0.05, 0.1) is 18.5 Å². The molecule has 1 atom stereocenters. The number of hydrogen-bond acceptors (Lipinski definition) is 5. The summed E-state index contributed by atoms with van der Waals surface area (Å²) in [7, 11) is 0. The van der Waals surface area contributed by atoms with Gasteiger partial charge in [-0.25, -0.2) is 14.6 Å². The summed E-state index contributed by atoms with van der Waals surface area (Å²) in [4.78, 5) is 25.8. The Morgan fingerprint density at radius 1 is 1.45 bits per heavy atom. The van der Waals surface area contributed by atoms with E-state index in [1.807, 2.05) is 6.92 Å². The first-order valence-electron chi connectivity index (χ1n) is 6.07. The Labute approximate surface area is 115 Å². The van der Waals surface area contributed by atoms with E-state index in [-0.39, 0.29) is 13.0 Å². The second-order valence-corrected chi connectivity index (χ2v) is 3.84. The molecule has 0 bridgehead atoms. The van der Waals surface area contributed by atoms with Gasteiger partial charge in [0, 0.05) is 19.0 Å². The summed E-state index contributed by atoms with van der Waals surface area (Å²) in [5.74, 6) is -0.856. The van der Waals surface area contributed by atoms with Crippen molar-refractivity contribution in [1.29, 1.82) is 0 Å². The zero-order valence-corrected chi connectivity index (χ0v) is 11.0. The molecule has 8 heteroatoms. The van der Waals surface area contributed by atoms with Gasteiger partial charge in [-0.05, 0) is 13.0 Å². The standard InChI is InChI=1S/C12H17N3O5/c1-2-20-10-4-3-8(7-14-10)15-12(19)13-6-5-9(16)11(17)18/h3-4,7,9,16H,2,5-6H2,1H3,(H,17,18)(H2,13,15,19). The summed E-state index contributed by atoms with van der Waals surface area (Å²) in [6.45, 7) is 2.39. The molecule has 1 heterocycles. The van der Waals surface area contributed by atoms with Crippen LogP contribution >= 0.6 is 0 Å². The minimum absolute atomic E-state index is 0.0454. The Bertz CT molecular complexity index is 449. The van der Waals surface area contributed by atoms with Crippen LogP contribution in [0.2, 0.25) is 0 Å². The van der Waals surface area contributed by atoms with Gasteiger partial charge in [0.15, 0.2) is 6.10 Å². The van der Waals surface area contributed by atoms with E-state index in [4.69, 9.17) is 14.9 Å². The number of carbonyl (C=O) groups is 2. The van der Waals surface area contributed by atoms with Crippen LogP contribution in [0.1, 0.15) is 13.3 Å². The van der Waals surface area contributed by atoms with Crippen LogP contribution in [-0.4, -0.2) is 46.5 Å². The molecule has 1 rings (SSSR count). The van der Waals surface area contributed by atoms with E-state index >= 15 is 0 Å². The lowest BCUT2D eigenvalue weighted by molar-refractivity contribution is -0.146. The molecule has 1 aromatic heterocycles. The Morgan fingerprint density at radius 2 is 2.20 bits per heavy atom. The van der Waals surface area contributed by atoms with E-state index in [2.05, 4.69) is 15.6 Å².